The number of hydrogen-bond donors (Lipinski definition) is 4. The molecule has 0 aromatic rings. The molecule has 8 heteroatoms. The van der Waals surface area contributed by atoms with E-state index in [9.17, 15) is 19.8 Å². The Bertz CT molecular complexity index is 663. The van der Waals surface area contributed by atoms with Crippen molar-refractivity contribution in [1.82, 2.24) is 10.2 Å². The van der Waals surface area contributed by atoms with E-state index in [0.29, 0.717) is 12.6 Å². The van der Waals surface area contributed by atoms with E-state index >= 15 is 0 Å². The summed E-state index contributed by atoms with van der Waals surface area (Å²) < 4.78 is 0. The third-order valence-corrected chi connectivity index (χ3v) is 7.65. The van der Waals surface area contributed by atoms with Gasteiger partial charge in [0.25, 0.3) is 0 Å². The summed E-state index contributed by atoms with van der Waals surface area (Å²) in [6, 6.07) is 0.128. The molecule has 3 aliphatic rings. The number of carbonyl (C=O) groups excluding carboxylic acids is 1. The Kier molecular flexibility index (Phi) is 5.65. The molecule has 0 aromatic carbocycles. The van der Waals surface area contributed by atoms with Crippen molar-refractivity contribution in [2.75, 3.05) is 13.1 Å². The van der Waals surface area contributed by atoms with E-state index in [2.05, 4.69) is 19.2 Å². The molecule has 2 fully saturated rings. The van der Waals surface area contributed by atoms with Crippen LogP contribution >= 0.6 is 11.8 Å². The van der Waals surface area contributed by atoms with E-state index in [0.717, 1.165) is 24.3 Å². The van der Waals surface area contributed by atoms with Crippen LogP contribution in [0.1, 0.15) is 40.5 Å². The van der Waals surface area contributed by atoms with Crippen LogP contribution in [-0.4, -0.2) is 63.5 Å². The fraction of sp³-hybridized carbons (Fsp3) is 0.789. The van der Waals surface area contributed by atoms with E-state index < -0.39 is 18.0 Å². The largest absolute Gasteiger partial charge is 0.477 e. The van der Waals surface area contributed by atoms with Crippen LogP contribution in [0.5, 0.6) is 0 Å². The molecule has 0 unspecified atom stereocenters. The number of carbonyl (C=O) groups is 2. The number of nitrogens with zero attached hydrogens (tertiary/aromatic N) is 1. The number of aliphatic hydroxyl groups excluding tert-OH is 1. The summed E-state index contributed by atoms with van der Waals surface area (Å²) in [6.07, 6.45) is 1.17. The van der Waals surface area contributed by atoms with Crippen molar-refractivity contribution in [3.8, 4) is 0 Å². The van der Waals surface area contributed by atoms with Crippen molar-refractivity contribution in [2.24, 2.45) is 23.0 Å². The number of aliphatic carboxylic acids is 1. The molecule has 2 saturated heterocycles. The summed E-state index contributed by atoms with van der Waals surface area (Å²) in [6.45, 7) is 9.33. The summed E-state index contributed by atoms with van der Waals surface area (Å²) in [7, 11) is 0. The summed E-state index contributed by atoms with van der Waals surface area (Å²) in [5.41, 5.74) is 6.04. The van der Waals surface area contributed by atoms with Gasteiger partial charge in [-0.15, -0.1) is 11.8 Å². The van der Waals surface area contributed by atoms with Crippen molar-refractivity contribution in [1.29, 1.82) is 0 Å². The second-order valence-electron chi connectivity index (χ2n) is 8.93. The van der Waals surface area contributed by atoms with E-state index in [4.69, 9.17) is 5.73 Å². The van der Waals surface area contributed by atoms with Gasteiger partial charge in [0.05, 0.1) is 18.1 Å². The van der Waals surface area contributed by atoms with Crippen LogP contribution < -0.4 is 11.1 Å². The molecule has 0 spiro atoms. The Hall–Kier alpha value is -1.09. The minimum Gasteiger partial charge on any atom is -0.477 e. The Labute approximate surface area is 164 Å². The van der Waals surface area contributed by atoms with Gasteiger partial charge in [-0.05, 0) is 31.7 Å². The lowest BCUT2D eigenvalue weighted by Crippen LogP contribution is -2.63. The summed E-state index contributed by atoms with van der Waals surface area (Å²) >= 11 is 1.59. The topological polar surface area (TPSA) is 116 Å². The van der Waals surface area contributed by atoms with Crippen LogP contribution in [0.4, 0.5) is 0 Å². The number of aliphatic hydroxyl groups is 1. The minimum atomic E-state index is -1.06. The standard InChI is InChI=1S/C19H31N3O4S/c1-9-14-13(10(2)23)17(24)22(14)15(18(25)26)16(9)27-12-5-11(21-7-12)6-19(3,4)8-20/h9-14,21,23H,5-8,20H2,1-4H3,(H,25,26)/t9-,10-,11+,12+,13-,14-/m1/s1. The first-order chi connectivity index (χ1) is 12.6. The molecule has 1 amide bonds. The predicted molar refractivity (Wildman–Crippen MR) is 105 cm³/mol. The molecule has 3 aliphatic heterocycles. The normalized spacial score (nSPS) is 34.7. The molecule has 0 aliphatic carbocycles. The van der Waals surface area contributed by atoms with Gasteiger partial charge >= 0.3 is 5.97 Å². The number of amides is 1. The number of carboxylic acid groups (broad SMARTS) is 1. The van der Waals surface area contributed by atoms with Crippen LogP contribution in [0.3, 0.4) is 0 Å². The maximum absolute atomic E-state index is 12.4. The molecule has 3 heterocycles. The highest BCUT2D eigenvalue weighted by Crippen LogP contribution is 2.52. The number of β-lactam (4-membered cyclic amide) rings is 1. The smallest absolute Gasteiger partial charge is 0.353 e. The van der Waals surface area contributed by atoms with Gasteiger partial charge in [-0.2, -0.15) is 0 Å². The Morgan fingerprint density at radius 2 is 2.15 bits per heavy atom. The lowest BCUT2D eigenvalue weighted by atomic mass is 9.79. The first-order valence-electron chi connectivity index (χ1n) is 9.66. The van der Waals surface area contributed by atoms with Gasteiger partial charge in [-0.3, -0.25) is 4.79 Å². The molecular weight excluding hydrogens is 366 g/mol. The van der Waals surface area contributed by atoms with Gasteiger partial charge in [-0.25, -0.2) is 4.79 Å². The fourth-order valence-electron chi connectivity index (χ4n) is 4.64. The quantitative estimate of drug-likeness (QED) is 0.473. The van der Waals surface area contributed by atoms with Gasteiger partial charge in [0.15, 0.2) is 0 Å². The van der Waals surface area contributed by atoms with E-state index in [1.165, 1.54) is 4.90 Å². The third-order valence-electron chi connectivity index (χ3n) is 6.14. The second kappa shape index (κ2) is 7.39. The zero-order valence-electron chi connectivity index (χ0n) is 16.4. The Morgan fingerprint density at radius 1 is 1.48 bits per heavy atom. The first-order valence-corrected chi connectivity index (χ1v) is 10.5. The van der Waals surface area contributed by atoms with E-state index in [1.807, 2.05) is 6.92 Å². The molecule has 27 heavy (non-hydrogen) atoms. The Morgan fingerprint density at radius 3 is 2.70 bits per heavy atom. The average Bonchev–Trinajstić information content (AvgIpc) is 3.09. The molecule has 3 rings (SSSR count). The van der Waals surface area contributed by atoms with Crippen molar-refractivity contribution in [3.05, 3.63) is 10.6 Å². The first kappa shape index (κ1) is 20.6. The van der Waals surface area contributed by atoms with Gasteiger partial charge in [0, 0.05) is 28.7 Å². The Balaban J connectivity index is 1.73. The van der Waals surface area contributed by atoms with Crippen LogP contribution in [0, 0.1) is 17.3 Å². The van der Waals surface area contributed by atoms with Crippen LogP contribution in [0.2, 0.25) is 0 Å². The van der Waals surface area contributed by atoms with Crippen molar-refractivity contribution >= 4 is 23.6 Å². The fourth-order valence-corrected chi connectivity index (χ4v) is 6.15. The summed E-state index contributed by atoms with van der Waals surface area (Å²) in [4.78, 5) is 26.4. The van der Waals surface area contributed by atoms with Crippen molar-refractivity contribution in [2.45, 2.75) is 64.0 Å². The zero-order chi connectivity index (χ0) is 20.1. The third kappa shape index (κ3) is 3.64. The highest BCUT2D eigenvalue weighted by molar-refractivity contribution is 8.03. The number of fused-ring (bicyclic) bond motifs is 1. The zero-order valence-corrected chi connectivity index (χ0v) is 17.3. The van der Waals surface area contributed by atoms with Crippen LogP contribution in [0.25, 0.3) is 0 Å². The maximum Gasteiger partial charge on any atom is 0.353 e. The molecule has 5 N–H and O–H groups in total. The van der Waals surface area contributed by atoms with Crippen molar-refractivity contribution in [3.63, 3.8) is 0 Å². The van der Waals surface area contributed by atoms with Gasteiger partial charge in [0.2, 0.25) is 5.91 Å². The molecule has 0 saturated carbocycles. The lowest BCUT2D eigenvalue weighted by Gasteiger charge is -2.46. The number of thioether (sulfide) groups is 1. The monoisotopic (exact) mass is 397 g/mol. The number of nitrogens with two attached hydrogens (primary N) is 1. The van der Waals surface area contributed by atoms with Gasteiger partial charge < -0.3 is 26.2 Å². The molecule has 0 aromatic heterocycles. The van der Waals surface area contributed by atoms with Crippen LogP contribution in [-0.2, 0) is 9.59 Å². The number of nitrogens with one attached hydrogen (secondary N) is 1. The van der Waals surface area contributed by atoms with E-state index in [-0.39, 0.29) is 34.2 Å². The average molecular weight is 398 g/mol. The van der Waals surface area contributed by atoms with Crippen molar-refractivity contribution < 1.29 is 19.8 Å². The highest BCUT2D eigenvalue weighted by Gasteiger charge is 2.60. The molecule has 7 nitrogen and oxygen atoms in total. The molecule has 152 valence electrons. The number of carboxylic acids is 1. The molecule has 6 atom stereocenters. The summed E-state index contributed by atoms with van der Waals surface area (Å²) in [5, 5.41) is 23.5. The minimum absolute atomic E-state index is 0.0714. The van der Waals surface area contributed by atoms with Crippen LogP contribution in [0.15, 0.2) is 10.6 Å². The molecular formula is C19H31N3O4S. The second-order valence-corrected chi connectivity index (χ2v) is 10.3. The van der Waals surface area contributed by atoms with E-state index in [1.54, 1.807) is 18.7 Å². The number of rotatable bonds is 7. The lowest BCUT2D eigenvalue weighted by molar-refractivity contribution is -0.163. The summed E-state index contributed by atoms with van der Waals surface area (Å²) in [5.74, 6) is -1.91. The maximum atomic E-state index is 12.4. The van der Waals surface area contributed by atoms with Gasteiger partial charge in [-0.1, -0.05) is 20.8 Å². The predicted octanol–water partition coefficient (Wildman–Crippen LogP) is 0.979. The number of hydrogen-bond acceptors (Lipinski definition) is 6. The highest BCUT2D eigenvalue weighted by atomic mass is 32.2. The molecule has 0 radical (unpaired) electrons. The van der Waals surface area contributed by atoms with Gasteiger partial charge in [0.1, 0.15) is 5.70 Å². The molecule has 0 bridgehead atoms. The SMILES string of the molecule is C[C@@H](O)[C@H]1C(=O)N2C(C(=O)O)=C(S[C@@H]3CN[C@H](CC(C)(C)CN)C3)[C@H](C)[C@H]12.